The molecule has 1 rings (SSSR count). The minimum Gasteiger partial charge on any atom is -0.313 e. The van der Waals surface area contributed by atoms with E-state index in [1.54, 1.807) is 0 Å². The van der Waals surface area contributed by atoms with Crippen LogP contribution in [0.1, 0.15) is 33.1 Å². The van der Waals surface area contributed by atoms with Crippen molar-refractivity contribution in [2.45, 2.75) is 45.2 Å². The van der Waals surface area contributed by atoms with Crippen molar-refractivity contribution in [3.05, 3.63) is 0 Å². The van der Waals surface area contributed by atoms with Crippen LogP contribution in [0.4, 0.5) is 0 Å². The zero-order valence-corrected chi connectivity index (χ0v) is 9.42. The molecule has 2 heteroatoms. The first kappa shape index (κ1) is 11.6. The van der Waals surface area contributed by atoms with Gasteiger partial charge in [-0.3, -0.25) is 4.90 Å². The molecule has 0 aromatic rings. The summed E-state index contributed by atoms with van der Waals surface area (Å²) in [5.74, 6) is 2.82. The quantitative estimate of drug-likeness (QED) is 0.667. The minimum absolute atomic E-state index is 0.275. The van der Waals surface area contributed by atoms with Gasteiger partial charge in [-0.1, -0.05) is 12.8 Å². The highest BCUT2D eigenvalue weighted by molar-refractivity contribution is 4.98. The lowest BCUT2D eigenvalue weighted by atomic mass is 10.2. The molecule has 0 aromatic heterocycles. The molecule has 0 spiro atoms. The normalized spacial score (nSPS) is 23.7. The Bertz CT molecular complexity index is 189. The summed E-state index contributed by atoms with van der Waals surface area (Å²) < 4.78 is 0. The van der Waals surface area contributed by atoms with Crippen molar-refractivity contribution >= 4 is 0 Å². The summed E-state index contributed by atoms with van der Waals surface area (Å²) in [7, 11) is 0. The molecule has 0 bridgehead atoms. The zero-order chi connectivity index (χ0) is 10.4. The SMILES string of the molecule is C#CC(C)N(CCC)CC1CCCN1. The molecule has 80 valence electrons. The van der Waals surface area contributed by atoms with Gasteiger partial charge in [0, 0.05) is 12.6 Å². The molecule has 1 saturated heterocycles. The summed E-state index contributed by atoms with van der Waals surface area (Å²) in [6.07, 6.45) is 9.26. The van der Waals surface area contributed by atoms with Crippen LogP contribution in [0.3, 0.4) is 0 Å². The van der Waals surface area contributed by atoms with Gasteiger partial charge in [0.1, 0.15) is 0 Å². The Labute approximate surface area is 88.1 Å². The predicted octanol–water partition coefficient (Wildman–Crippen LogP) is 1.47. The van der Waals surface area contributed by atoms with E-state index in [9.17, 15) is 0 Å². The van der Waals surface area contributed by atoms with Crippen molar-refractivity contribution in [2.75, 3.05) is 19.6 Å². The van der Waals surface area contributed by atoms with Crippen LogP contribution in [0.5, 0.6) is 0 Å². The van der Waals surface area contributed by atoms with Gasteiger partial charge in [0.25, 0.3) is 0 Å². The monoisotopic (exact) mass is 194 g/mol. The maximum absolute atomic E-state index is 5.47. The lowest BCUT2D eigenvalue weighted by molar-refractivity contribution is 0.226. The minimum atomic E-state index is 0.275. The van der Waals surface area contributed by atoms with Crippen LogP contribution in [0.15, 0.2) is 0 Å². The summed E-state index contributed by atoms with van der Waals surface area (Å²) in [5, 5.41) is 3.51. The molecule has 0 radical (unpaired) electrons. The van der Waals surface area contributed by atoms with Crippen LogP contribution < -0.4 is 5.32 Å². The Morgan fingerprint density at radius 2 is 2.43 bits per heavy atom. The Hall–Kier alpha value is -0.520. The fraction of sp³-hybridized carbons (Fsp3) is 0.833. The van der Waals surface area contributed by atoms with Crippen molar-refractivity contribution < 1.29 is 0 Å². The van der Waals surface area contributed by atoms with Crippen LogP contribution in [0, 0.1) is 12.3 Å². The smallest absolute Gasteiger partial charge is 0.0683 e. The largest absolute Gasteiger partial charge is 0.313 e. The van der Waals surface area contributed by atoms with Crippen LogP contribution in [0.2, 0.25) is 0 Å². The van der Waals surface area contributed by atoms with Gasteiger partial charge in [-0.2, -0.15) is 0 Å². The van der Waals surface area contributed by atoms with Gasteiger partial charge in [-0.15, -0.1) is 6.42 Å². The van der Waals surface area contributed by atoms with Crippen molar-refractivity contribution in [2.24, 2.45) is 0 Å². The van der Waals surface area contributed by atoms with Gasteiger partial charge in [-0.05, 0) is 39.3 Å². The Kier molecular flexibility index (Phi) is 5.00. The molecule has 1 fully saturated rings. The van der Waals surface area contributed by atoms with Crippen LogP contribution in [-0.2, 0) is 0 Å². The average Bonchev–Trinajstić information content (AvgIpc) is 2.68. The standard InChI is InChI=1S/C12H22N2/c1-4-9-14(11(3)5-2)10-12-7-6-8-13-12/h2,11-13H,4,6-10H2,1,3H3. The number of hydrogen-bond donors (Lipinski definition) is 1. The van der Waals surface area contributed by atoms with Crippen molar-refractivity contribution in [3.63, 3.8) is 0 Å². The highest BCUT2D eigenvalue weighted by Crippen LogP contribution is 2.09. The fourth-order valence-electron chi connectivity index (χ4n) is 2.03. The summed E-state index contributed by atoms with van der Waals surface area (Å²) in [4.78, 5) is 2.41. The van der Waals surface area contributed by atoms with E-state index in [0.29, 0.717) is 6.04 Å². The topological polar surface area (TPSA) is 15.3 Å². The zero-order valence-electron chi connectivity index (χ0n) is 9.42. The van der Waals surface area contributed by atoms with Crippen molar-refractivity contribution in [3.8, 4) is 12.3 Å². The van der Waals surface area contributed by atoms with E-state index in [4.69, 9.17) is 6.42 Å². The summed E-state index contributed by atoms with van der Waals surface area (Å²) in [5.41, 5.74) is 0. The predicted molar refractivity (Wildman–Crippen MR) is 61.2 cm³/mol. The number of hydrogen-bond acceptors (Lipinski definition) is 2. The molecule has 1 aliphatic heterocycles. The molecule has 0 saturated carbocycles. The van der Waals surface area contributed by atoms with E-state index in [2.05, 4.69) is 30.0 Å². The second-order valence-electron chi connectivity index (χ2n) is 4.13. The van der Waals surface area contributed by atoms with Crippen molar-refractivity contribution in [1.29, 1.82) is 0 Å². The molecular weight excluding hydrogens is 172 g/mol. The van der Waals surface area contributed by atoms with Gasteiger partial charge in [0.05, 0.1) is 6.04 Å². The molecule has 14 heavy (non-hydrogen) atoms. The van der Waals surface area contributed by atoms with Gasteiger partial charge >= 0.3 is 0 Å². The first-order valence-corrected chi connectivity index (χ1v) is 5.71. The lowest BCUT2D eigenvalue weighted by Gasteiger charge is -2.28. The van der Waals surface area contributed by atoms with E-state index in [-0.39, 0.29) is 6.04 Å². The number of nitrogens with zero attached hydrogens (tertiary/aromatic N) is 1. The summed E-state index contributed by atoms with van der Waals surface area (Å²) in [6, 6.07) is 0.940. The third-order valence-electron chi connectivity index (χ3n) is 2.92. The molecule has 1 heterocycles. The molecule has 2 unspecified atom stereocenters. The van der Waals surface area contributed by atoms with Crippen LogP contribution >= 0.6 is 0 Å². The number of rotatable bonds is 5. The molecule has 0 amide bonds. The van der Waals surface area contributed by atoms with E-state index in [1.165, 1.54) is 25.8 Å². The molecule has 1 N–H and O–H groups in total. The third-order valence-corrected chi connectivity index (χ3v) is 2.92. The van der Waals surface area contributed by atoms with E-state index < -0.39 is 0 Å². The Morgan fingerprint density at radius 1 is 1.64 bits per heavy atom. The van der Waals surface area contributed by atoms with E-state index >= 15 is 0 Å². The van der Waals surface area contributed by atoms with E-state index in [1.807, 2.05) is 0 Å². The maximum Gasteiger partial charge on any atom is 0.0683 e. The molecular formula is C12H22N2. The maximum atomic E-state index is 5.47. The summed E-state index contributed by atoms with van der Waals surface area (Å²) in [6.45, 7) is 7.72. The number of terminal acetylenes is 1. The third kappa shape index (κ3) is 3.32. The van der Waals surface area contributed by atoms with Gasteiger partial charge < -0.3 is 5.32 Å². The van der Waals surface area contributed by atoms with Gasteiger partial charge in [0.15, 0.2) is 0 Å². The van der Waals surface area contributed by atoms with Crippen LogP contribution in [0.25, 0.3) is 0 Å². The average molecular weight is 194 g/mol. The second kappa shape index (κ2) is 6.06. The summed E-state index contributed by atoms with van der Waals surface area (Å²) >= 11 is 0. The molecule has 0 aliphatic carbocycles. The lowest BCUT2D eigenvalue weighted by Crippen LogP contribution is -2.42. The molecule has 0 aromatic carbocycles. The van der Waals surface area contributed by atoms with Gasteiger partial charge in [-0.25, -0.2) is 0 Å². The van der Waals surface area contributed by atoms with E-state index in [0.717, 1.165) is 13.1 Å². The molecule has 1 aliphatic rings. The Balaban J connectivity index is 2.37. The first-order valence-electron chi connectivity index (χ1n) is 5.71. The van der Waals surface area contributed by atoms with Crippen LogP contribution in [-0.4, -0.2) is 36.6 Å². The van der Waals surface area contributed by atoms with Gasteiger partial charge in [0.2, 0.25) is 0 Å². The fourth-order valence-corrected chi connectivity index (χ4v) is 2.03. The highest BCUT2D eigenvalue weighted by atomic mass is 15.2. The number of nitrogens with one attached hydrogen (secondary N) is 1. The molecule has 2 atom stereocenters. The second-order valence-corrected chi connectivity index (χ2v) is 4.13. The molecule has 2 nitrogen and oxygen atoms in total. The van der Waals surface area contributed by atoms with Crippen molar-refractivity contribution in [1.82, 2.24) is 10.2 Å². The highest BCUT2D eigenvalue weighted by Gasteiger charge is 2.19. The Morgan fingerprint density at radius 3 is 2.93 bits per heavy atom. The first-order chi connectivity index (χ1) is 6.77.